The molecule has 0 aliphatic rings. The van der Waals surface area contributed by atoms with E-state index >= 15 is 0 Å². The number of rotatable bonds is 11. The lowest BCUT2D eigenvalue weighted by molar-refractivity contribution is -0.284. The van der Waals surface area contributed by atoms with Crippen LogP contribution in [-0.4, -0.2) is 45.6 Å². The van der Waals surface area contributed by atoms with Gasteiger partial charge in [-0.1, -0.05) is 12.8 Å². The highest BCUT2D eigenvalue weighted by Crippen LogP contribution is 2.38. The van der Waals surface area contributed by atoms with Gasteiger partial charge in [0, 0.05) is 6.42 Å². The van der Waals surface area contributed by atoms with Crippen molar-refractivity contribution in [2.45, 2.75) is 50.6 Å². The van der Waals surface area contributed by atoms with Crippen LogP contribution in [0.25, 0.3) is 0 Å². The van der Waals surface area contributed by atoms with Crippen molar-refractivity contribution in [2.24, 2.45) is 0 Å². The summed E-state index contributed by atoms with van der Waals surface area (Å²) in [7, 11) is -1.75. The summed E-state index contributed by atoms with van der Waals surface area (Å²) in [5.74, 6) is -5.62. The molecule has 128 valence electrons. The van der Waals surface area contributed by atoms with E-state index in [0.717, 1.165) is 19.4 Å². The highest BCUT2D eigenvalue weighted by molar-refractivity contribution is 7.91. The van der Waals surface area contributed by atoms with E-state index < -0.39 is 40.5 Å². The van der Waals surface area contributed by atoms with E-state index in [1.165, 1.54) is 0 Å². The van der Waals surface area contributed by atoms with Crippen LogP contribution in [0.1, 0.15) is 38.5 Å². The van der Waals surface area contributed by atoms with Crippen molar-refractivity contribution in [1.82, 2.24) is 5.32 Å². The van der Waals surface area contributed by atoms with E-state index in [2.05, 4.69) is 5.32 Å². The highest BCUT2D eigenvalue weighted by Gasteiger charge is 2.56. The zero-order chi connectivity index (χ0) is 16.6. The SMILES string of the molecule is CNCCCCCCS(=O)(=O)CCCC(F)(F)C(F)(F)F. The maximum absolute atomic E-state index is 12.6. The van der Waals surface area contributed by atoms with Gasteiger partial charge in [0.25, 0.3) is 0 Å². The summed E-state index contributed by atoms with van der Waals surface area (Å²) in [5.41, 5.74) is 0. The Morgan fingerprint density at radius 1 is 0.857 bits per heavy atom. The van der Waals surface area contributed by atoms with Crippen LogP contribution >= 0.6 is 0 Å². The van der Waals surface area contributed by atoms with Crippen molar-refractivity contribution in [3.63, 3.8) is 0 Å². The molecule has 0 aliphatic carbocycles. The molecule has 0 amide bonds. The molecule has 0 aromatic carbocycles. The Balaban J connectivity index is 3.94. The lowest BCUT2D eigenvalue weighted by Gasteiger charge is -2.19. The third-order valence-electron chi connectivity index (χ3n) is 2.99. The molecule has 0 radical (unpaired) electrons. The number of alkyl halides is 5. The van der Waals surface area contributed by atoms with Crippen molar-refractivity contribution in [3.05, 3.63) is 0 Å². The Bertz CT molecular complexity index is 382. The number of sulfone groups is 1. The largest absolute Gasteiger partial charge is 0.453 e. The summed E-state index contributed by atoms with van der Waals surface area (Å²) in [4.78, 5) is 0. The Morgan fingerprint density at radius 2 is 1.38 bits per heavy atom. The van der Waals surface area contributed by atoms with Gasteiger partial charge < -0.3 is 5.32 Å². The lowest BCUT2D eigenvalue weighted by atomic mass is 10.2. The van der Waals surface area contributed by atoms with Crippen LogP contribution in [0.4, 0.5) is 22.0 Å². The van der Waals surface area contributed by atoms with Gasteiger partial charge in [-0.25, -0.2) is 8.42 Å². The number of unbranched alkanes of at least 4 members (excludes halogenated alkanes) is 3. The third-order valence-corrected chi connectivity index (χ3v) is 4.81. The Hall–Kier alpha value is -0.440. The highest BCUT2D eigenvalue weighted by atomic mass is 32.2. The molecule has 0 spiro atoms. The second kappa shape index (κ2) is 8.87. The predicted molar refractivity (Wildman–Crippen MR) is 71.3 cm³/mol. The number of halogens is 5. The average molecular weight is 339 g/mol. The Labute approximate surface area is 122 Å². The first-order chi connectivity index (χ1) is 9.52. The van der Waals surface area contributed by atoms with Gasteiger partial charge in [-0.15, -0.1) is 0 Å². The third kappa shape index (κ3) is 9.23. The number of nitrogens with one attached hydrogen (secondary N) is 1. The predicted octanol–water partition coefficient (Wildman–Crippen LogP) is 3.16. The fourth-order valence-corrected chi connectivity index (χ4v) is 3.17. The van der Waals surface area contributed by atoms with Gasteiger partial charge in [0.1, 0.15) is 9.84 Å². The van der Waals surface area contributed by atoms with E-state index in [4.69, 9.17) is 0 Å². The molecule has 0 aliphatic heterocycles. The van der Waals surface area contributed by atoms with E-state index in [-0.39, 0.29) is 5.75 Å². The molecule has 9 heteroatoms. The molecule has 21 heavy (non-hydrogen) atoms. The van der Waals surface area contributed by atoms with Crippen molar-refractivity contribution in [2.75, 3.05) is 25.1 Å². The monoisotopic (exact) mass is 339 g/mol. The first-order valence-corrected chi connectivity index (χ1v) is 8.63. The van der Waals surface area contributed by atoms with Gasteiger partial charge in [0.2, 0.25) is 0 Å². The van der Waals surface area contributed by atoms with Crippen LogP contribution in [0.3, 0.4) is 0 Å². The second-order valence-electron chi connectivity index (χ2n) is 4.98. The molecule has 0 atom stereocenters. The maximum Gasteiger partial charge on any atom is 0.453 e. The number of hydrogen-bond acceptors (Lipinski definition) is 3. The van der Waals surface area contributed by atoms with E-state index in [9.17, 15) is 30.4 Å². The van der Waals surface area contributed by atoms with Crippen LogP contribution in [-0.2, 0) is 9.84 Å². The summed E-state index contributed by atoms with van der Waals surface area (Å²) in [5, 5.41) is 2.95. The topological polar surface area (TPSA) is 46.2 Å². The summed E-state index contributed by atoms with van der Waals surface area (Å²) < 4.78 is 83.9. The maximum atomic E-state index is 12.6. The average Bonchev–Trinajstić information content (AvgIpc) is 2.31. The molecule has 0 aromatic rings. The molecule has 0 saturated heterocycles. The molecule has 3 nitrogen and oxygen atoms in total. The van der Waals surface area contributed by atoms with Gasteiger partial charge in [-0.05, 0) is 32.9 Å². The van der Waals surface area contributed by atoms with Crippen LogP contribution in [0.5, 0.6) is 0 Å². The Kier molecular flexibility index (Phi) is 8.69. The van der Waals surface area contributed by atoms with Gasteiger partial charge in [0.15, 0.2) is 0 Å². The summed E-state index contributed by atoms with van der Waals surface area (Å²) >= 11 is 0. The van der Waals surface area contributed by atoms with E-state index in [1.54, 1.807) is 7.05 Å². The second-order valence-corrected chi connectivity index (χ2v) is 7.28. The minimum atomic E-state index is -5.62. The zero-order valence-electron chi connectivity index (χ0n) is 12.0. The minimum absolute atomic E-state index is 0.163. The molecule has 0 bridgehead atoms. The van der Waals surface area contributed by atoms with Crippen LogP contribution in [0, 0.1) is 0 Å². The minimum Gasteiger partial charge on any atom is -0.320 e. The molecule has 0 rings (SSSR count). The molecular formula is C12H22F5NO2S. The standard InChI is InChI=1S/C12H22F5NO2S/c1-18-8-4-2-3-5-9-21(19,20)10-6-7-11(13,14)12(15,16)17/h18H,2-10H2,1H3. The molecule has 0 aromatic heterocycles. The van der Waals surface area contributed by atoms with Crippen LogP contribution in [0.15, 0.2) is 0 Å². The molecule has 0 fully saturated rings. The molecule has 1 N–H and O–H groups in total. The Morgan fingerprint density at radius 3 is 1.90 bits per heavy atom. The first-order valence-electron chi connectivity index (χ1n) is 6.81. The van der Waals surface area contributed by atoms with Gasteiger partial charge in [-0.2, -0.15) is 22.0 Å². The smallest absolute Gasteiger partial charge is 0.320 e. The molecule has 0 unspecified atom stereocenters. The molecule has 0 saturated carbocycles. The van der Waals surface area contributed by atoms with Crippen molar-refractivity contribution < 1.29 is 30.4 Å². The fraction of sp³-hybridized carbons (Fsp3) is 1.00. The normalized spacial score (nSPS) is 13.6. The number of hydrogen-bond donors (Lipinski definition) is 1. The summed E-state index contributed by atoms with van der Waals surface area (Å²) in [6.45, 7) is 0.833. The van der Waals surface area contributed by atoms with E-state index in [0.29, 0.717) is 12.8 Å². The molecular weight excluding hydrogens is 317 g/mol. The molecule has 0 heterocycles. The van der Waals surface area contributed by atoms with Crippen LogP contribution < -0.4 is 5.32 Å². The van der Waals surface area contributed by atoms with Gasteiger partial charge >= 0.3 is 12.1 Å². The fourth-order valence-electron chi connectivity index (χ4n) is 1.74. The summed E-state index contributed by atoms with van der Waals surface area (Å²) in [6.07, 6.45) is -4.94. The van der Waals surface area contributed by atoms with Gasteiger partial charge in [-0.3, -0.25) is 0 Å². The van der Waals surface area contributed by atoms with Crippen molar-refractivity contribution in [1.29, 1.82) is 0 Å². The van der Waals surface area contributed by atoms with Crippen molar-refractivity contribution >= 4 is 9.84 Å². The van der Waals surface area contributed by atoms with E-state index in [1.807, 2.05) is 0 Å². The zero-order valence-corrected chi connectivity index (χ0v) is 12.8. The van der Waals surface area contributed by atoms with Crippen LogP contribution in [0.2, 0.25) is 0 Å². The summed E-state index contributed by atoms with van der Waals surface area (Å²) in [6, 6.07) is 0. The van der Waals surface area contributed by atoms with Gasteiger partial charge in [0.05, 0.1) is 11.5 Å². The lowest BCUT2D eigenvalue weighted by Crippen LogP contribution is -2.36. The quantitative estimate of drug-likeness (QED) is 0.465. The first kappa shape index (κ1) is 20.6. The van der Waals surface area contributed by atoms with Crippen molar-refractivity contribution in [3.8, 4) is 0 Å².